The highest BCUT2D eigenvalue weighted by molar-refractivity contribution is 5.90. The number of para-hydroxylation sites is 1. The van der Waals surface area contributed by atoms with Gasteiger partial charge in [0, 0.05) is 12.1 Å². The van der Waals surface area contributed by atoms with Gasteiger partial charge in [0.05, 0.1) is 18.0 Å². The number of nitrogens with zero attached hydrogens (tertiary/aromatic N) is 1. The molecule has 2 rings (SSSR count). The molecule has 1 aliphatic rings. The first-order valence-electron chi connectivity index (χ1n) is 4.79. The molecule has 0 spiro atoms. The Labute approximate surface area is 88.1 Å². The highest BCUT2D eigenvalue weighted by Gasteiger charge is 2.10. The molecular weight excluding hydrogens is 190 g/mol. The number of aliphatic hydroxyl groups is 1. The molecule has 1 heterocycles. The van der Waals surface area contributed by atoms with E-state index >= 15 is 0 Å². The molecule has 0 saturated carbocycles. The molecule has 1 aliphatic heterocycles. The van der Waals surface area contributed by atoms with Gasteiger partial charge in [-0.2, -0.15) is 5.10 Å². The zero-order chi connectivity index (χ0) is 10.7. The molecule has 0 amide bonds. The number of fused-ring (bicyclic) bond motifs is 1. The van der Waals surface area contributed by atoms with Crippen molar-refractivity contribution in [1.29, 1.82) is 0 Å². The highest BCUT2D eigenvalue weighted by Crippen LogP contribution is 2.21. The summed E-state index contributed by atoms with van der Waals surface area (Å²) in [5, 5.41) is 13.6. The highest BCUT2D eigenvalue weighted by atomic mass is 16.3. The molecule has 0 bridgehead atoms. The molecule has 0 fully saturated rings. The molecule has 0 radical (unpaired) electrons. The lowest BCUT2D eigenvalue weighted by atomic mass is 10.1. The summed E-state index contributed by atoms with van der Waals surface area (Å²) in [5.74, 6) is 0. The van der Waals surface area contributed by atoms with E-state index in [1.807, 2.05) is 30.3 Å². The zero-order valence-corrected chi connectivity index (χ0v) is 8.22. The van der Waals surface area contributed by atoms with Crippen molar-refractivity contribution in [2.45, 2.75) is 6.10 Å². The maximum atomic E-state index is 9.62. The Morgan fingerprint density at radius 2 is 2.20 bits per heavy atom. The Kier molecular flexibility index (Phi) is 2.80. The fourth-order valence-corrected chi connectivity index (χ4v) is 1.44. The van der Waals surface area contributed by atoms with Crippen molar-refractivity contribution in [3.8, 4) is 0 Å². The van der Waals surface area contributed by atoms with Crippen molar-refractivity contribution < 1.29 is 5.11 Å². The van der Waals surface area contributed by atoms with E-state index in [0.29, 0.717) is 0 Å². The van der Waals surface area contributed by atoms with Gasteiger partial charge in [0.15, 0.2) is 0 Å². The summed E-state index contributed by atoms with van der Waals surface area (Å²) < 4.78 is 0. The quantitative estimate of drug-likeness (QED) is 0.665. The molecule has 4 nitrogen and oxygen atoms in total. The van der Waals surface area contributed by atoms with Crippen LogP contribution in [0.15, 0.2) is 34.9 Å². The molecule has 1 atom stereocenters. The van der Waals surface area contributed by atoms with Crippen molar-refractivity contribution in [2.24, 2.45) is 10.8 Å². The average Bonchev–Trinajstić information content (AvgIpc) is 2.49. The summed E-state index contributed by atoms with van der Waals surface area (Å²) in [7, 11) is 0. The van der Waals surface area contributed by atoms with Gasteiger partial charge in [0.1, 0.15) is 0 Å². The van der Waals surface area contributed by atoms with Crippen LogP contribution >= 0.6 is 0 Å². The van der Waals surface area contributed by atoms with E-state index in [4.69, 9.17) is 5.73 Å². The second kappa shape index (κ2) is 4.25. The molecule has 1 unspecified atom stereocenters. The molecule has 78 valence electrons. The topological polar surface area (TPSA) is 70.6 Å². The third kappa shape index (κ3) is 2.06. The lowest BCUT2D eigenvalue weighted by molar-refractivity contribution is 0.227. The minimum Gasteiger partial charge on any atom is -0.387 e. The third-order valence-corrected chi connectivity index (χ3v) is 2.29. The number of anilines is 1. The molecule has 4 N–H and O–H groups in total. The first kappa shape index (κ1) is 9.89. The Morgan fingerprint density at radius 3 is 3.00 bits per heavy atom. The summed E-state index contributed by atoms with van der Waals surface area (Å²) in [4.78, 5) is 0. The average molecular weight is 203 g/mol. The predicted octanol–water partition coefficient (Wildman–Crippen LogP) is 0.801. The first-order chi connectivity index (χ1) is 7.31. The van der Waals surface area contributed by atoms with Crippen LogP contribution < -0.4 is 11.2 Å². The van der Waals surface area contributed by atoms with E-state index in [0.717, 1.165) is 16.8 Å². The maximum Gasteiger partial charge on any atom is 0.0927 e. The Bertz CT molecular complexity index is 412. The number of hydrazone groups is 1. The molecule has 15 heavy (non-hydrogen) atoms. The van der Waals surface area contributed by atoms with Gasteiger partial charge in [-0.1, -0.05) is 18.2 Å². The molecule has 1 aromatic rings. The molecule has 1 aromatic carbocycles. The van der Waals surface area contributed by atoms with Gasteiger partial charge in [-0.3, -0.25) is 5.43 Å². The van der Waals surface area contributed by atoms with Gasteiger partial charge in [-0.05, 0) is 17.7 Å². The van der Waals surface area contributed by atoms with Gasteiger partial charge in [0.2, 0.25) is 0 Å². The Morgan fingerprint density at radius 1 is 1.40 bits per heavy atom. The van der Waals surface area contributed by atoms with Crippen molar-refractivity contribution in [2.75, 3.05) is 12.0 Å². The Balaban J connectivity index is 2.40. The molecule has 0 saturated heterocycles. The lowest BCUT2D eigenvalue weighted by Crippen LogP contribution is -2.22. The second-order valence-electron chi connectivity index (χ2n) is 3.35. The van der Waals surface area contributed by atoms with Crippen LogP contribution in [0.5, 0.6) is 0 Å². The van der Waals surface area contributed by atoms with Crippen LogP contribution in [-0.2, 0) is 0 Å². The van der Waals surface area contributed by atoms with E-state index in [1.165, 1.54) is 0 Å². The number of benzene rings is 1. The first-order valence-corrected chi connectivity index (χ1v) is 4.79. The van der Waals surface area contributed by atoms with E-state index in [9.17, 15) is 5.11 Å². The van der Waals surface area contributed by atoms with Crippen LogP contribution in [-0.4, -0.2) is 24.0 Å². The standard InChI is InChI=1S/C11H13N3O/c12-6-11(15)9-5-8-3-1-2-4-10(8)14-13-7-9/h1-5,7,11,14-15H,6,12H2. The van der Waals surface area contributed by atoms with Gasteiger partial charge in [-0.25, -0.2) is 0 Å². The number of aliphatic hydroxyl groups excluding tert-OH is 1. The van der Waals surface area contributed by atoms with Crippen LogP contribution in [0.25, 0.3) is 6.08 Å². The SMILES string of the molecule is NCC(O)C1=Cc2ccccc2NN=C1. The van der Waals surface area contributed by atoms with Crippen molar-refractivity contribution >= 4 is 18.0 Å². The fraction of sp³-hybridized carbons (Fsp3) is 0.182. The molecule has 0 aliphatic carbocycles. The van der Waals surface area contributed by atoms with Crippen molar-refractivity contribution in [1.82, 2.24) is 0 Å². The fourth-order valence-electron chi connectivity index (χ4n) is 1.44. The van der Waals surface area contributed by atoms with Crippen LogP contribution in [0.3, 0.4) is 0 Å². The number of nitrogens with one attached hydrogen (secondary N) is 1. The minimum absolute atomic E-state index is 0.194. The second-order valence-corrected chi connectivity index (χ2v) is 3.35. The number of hydrogen-bond acceptors (Lipinski definition) is 4. The molecule has 0 aromatic heterocycles. The summed E-state index contributed by atoms with van der Waals surface area (Å²) >= 11 is 0. The number of nitrogens with two attached hydrogens (primary N) is 1. The van der Waals surface area contributed by atoms with Gasteiger partial charge in [0.25, 0.3) is 0 Å². The summed E-state index contributed by atoms with van der Waals surface area (Å²) in [5.41, 5.74) is 10.9. The largest absolute Gasteiger partial charge is 0.387 e. The van der Waals surface area contributed by atoms with E-state index < -0.39 is 6.10 Å². The molecule has 4 heteroatoms. The van der Waals surface area contributed by atoms with Crippen molar-refractivity contribution in [3.63, 3.8) is 0 Å². The summed E-state index contributed by atoms with van der Waals surface area (Å²) in [6.45, 7) is 0.194. The monoisotopic (exact) mass is 203 g/mol. The van der Waals surface area contributed by atoms with Crippen LogP contribution in [0, 0.1) is 0 Å². The number of hydrogen-bond donors (Lipinski definition) is 3. The van der Waals surface area contributed by atoms with Gasteiger partial charge in [-0.15, -0.1) is 0 Å². The molecular formula is C11H13N3O. The van der Waals surface area contributed by atoms with Crippen molar-refractivity contribution in [3.05, 3.63) is 35.4 Å². The summed E-state index contributed by atoms with van der Waals surface area (Å²) in [6.07, 6.45) is 2.81. The third-order valence-electron chi connectivity index (χ3n) is 2.29. The maximum absolute atomic E-state index is 9.62. The van der Waals surface area contributed by atoms with Gasteiger partial charge < -0.3 is 10.8 Å². The Hall–Kier alpha value is -1.65. The predicted molar refractivity (Wildman–Crippen MR) is 61.6 cm³/mol. The van der Waals surface area contributed by atoms with E-state index in [1.54, 1.807) is 6.21 Å². The van der Waals surface area contributed by atoms with Crippen LogP contribution in [0.1, 0.15) is 5.56 Å². The van der Waals surface area contributed by atoms with E-state index in [2.05, 4.69) is 10.5 Å². The zero-order valence-electron chi connectivity index (χ0n) is 8.22. The van der Waals surface area contributed by atoms with Crippen LogP contribution in [0.2, 0.25) is 0 Å². The van der Waals surface area contributed by atoms with Crippen LogP contribution in [0.4, 0.5) is 5.69 Å². The number of rotatable bonds is 2. The normalized spacial score (nSPS) is 16.0. The van der Waals surface area contributed by atoms with E-state index in [-0.39, 0.29) is 6.54 Å². The van der Waals surface area contributed by atoms with Gasteiger partial charge >= 0.3 is 0 Å². The smallest absolute Gasteiger partial charge is 0.0927 e. The minimum atomic E-state index is -0.665. The lowest BCUT2D eigenvalue weighted by Gasteiger charge is -2.07. The summed E-state index contributed by atoms with van der Waals surface area (Å²) in [6, 6.07) is 7.76.